The fraction of sp³-hybridized carbons (Fsp3) is 0.692. The summed E-state index contributed by atoms with van der Waals surface area (Å²) in [4.78, 5) is 35.1. The van der Waals surface area contributed by atoms with Gasteiger partial charge in [-0.1, -0.05) is 189 Å². The minimum absolute atomic E-state index is 0.113. The Balaban J connectivity index is 4.32. The van der Waals surface area contributed by atoms with Crippen molar-refractivity contribution in [3.63, 3.8) is 0 Å². The number of rotatable bonds is 45. The molecule has 63 heavy (non-hydrogen) atoms. The second-order valence-corrected chi connectivity index (χ2v) is 17.6. The van der Waals surface area contributed by atoms with E-state index in [-0.39, 0.29) is 19.4 Å². The van der Waals surface area contributed by atoms with Crippen LogP contribution in [0.4, 0.5) is 0 Å². The number of aliphatic hydroxyl groups is 2. The molecule has 0 bridgehead atoms. The molecule has 0 radical (unpaired) electrons. The van der Waals surface area contributed by atoms with Crippen LogP contribution in [0.1, 0.15) is 194 Å². The molecule has 0 aliphatic rings. The first-order valence-corrected chi connectivity index (χ1v) is 26.0. The summed E-state index contributed by atoms with van der Waals surface area (Å²) >= 11 is 0. The van der Waals surface area contributed by atoms with E-state index in [1.165, 1.54) is 96.3 Å². The third-order valence-electron chi connectivity index (χ3n) is 10.0. The van der Waals surface area contributed by atoms with E-state index in [2.05, 4.69) is 86.8 Å². The minimum Gasteiger partial charge on any atom is -0.462 e. The zero-order valence-corrected chi connectivity index (χ0v) is 40.4. The van der Waals surface area contributed by atoms with E-state index in [0.29, 0.717) is 12.8 Å². The Kier molecular flexibility index (Phi) is 45.0. The van der Waals surface area contributed by atoms with Crippen molar-refractivity contribution < 1.29 is 47.8 Å². The van der Waals surface area contributed by atoms with Gasteiger partial charge < -0.3 is 24.6 Å². The molecular formula is C52H89O10P. The predicted octanol–water partition coefficient (Wildman–Crippen LogP) is 13.8. The van der Waals surface area contributed by atoms with Gasteiger partial charge in [-0.3, -0.25) is 18.6 Å². The van der Waals surface area contributed by atoms with Gasteiger partial charge in [0.2, 0.25) is 0 Å². The van der Waals surface area contributed by atoms with Gasteiger partial charge in [0.25, 0.3) is 0 Å². The number of hydrogen-bond acceptors (Lipinski definition) is 9. The zero-order chi connectivity index (χ0) is 46.2. The molecule has 1 unspecified atom stereocenters. The van der Waals surface area contributed by atoms with Gasteiger partial charge in [-0.25, -0.2) is 4.57 Å². The van der Waals surface area contributed by atoms with Crippen LogP contribution in [0.3, 0.4) is 0 Å². The van der Waals surface area contributed by atoms with Crippen molar-refractivity contribution in [2.24, 2.45) is 0 Å². The smallest absolute Gasteiger partial charge is 0.462 e. The van der Waals surface area contributed by atoms with Gasteiger partial charge in [0.1, 0.15) is 12.7 Å². The molecule has 0 aromatic heterocycles. The van der Waals surface area contributed by atoms with Crippen LogP contribution in [0.25, 0.3) is 0 Å². The Hall–Kier alpha value is -2.85. The van der Waals surface area contributed by atoms with E-state index in [4.69, 9.17) is 23.6 Å². The van der Waals surface area contributed by atoms with E-state index in [9.17, 15) is 24.2 Å². The Bertz CT molecular complexity index is 1320. The topological polar surface area (TPSA) is 149 Å². The third-order valence-corrected chi connectivity index (χ3v) is 11.0. The first-order chi connectivity index (χ1) is 30.7. The van der Waals surface area contributed by atoms with Gasteiger partial charge in [-0.05, 0) is 77.0 Å². The number of aliphatic hydroxyl groups excluding tert-OH is 2. The van der Waals surface area contributed by atoms with Gasteiger partial charge in [0, 0.05) is 12.8 Å². The van der Waals surface area contributed by atoms with Crippen LogP contribution in [0.5, 0.6) is 0 Å². The number of carbonyl (C=O) groups is 2. The lowest BCUT2D eigenvalue weighted by Crippen LogP contribution is -2.29. The molecule has 11 heteroatoms. The van der Waals surface area contributed by atoms with E-state index < -0.39 is 51.8 Å². The number of allylic oxidation sites excluding steroid dienone is 14. The molecule has 0 aromatic rings. The molecule has 0 rings (SSSR count). The summed E-state index contributed by atoms with van der Waals surface area (Å²) in [6, 6.07) is 0. The Morgan fingerprint density at radius 3 is 1.38 bits per heavy atom. The summed E-state index contributed by atoms with van der Waals surface area (Å²) in [6.07, 6.45) is 57.1. The number of phosphoric acid groups is 1. The normalized spacial score (nSPS) is 14.4. The van der Waals surface area contributed by atoms with Crippen LogP contribution in [0.15, 0.2) is 85.1 Å². The van der Waals surface area contributed by atoms with E-state index >= 15 is 0 Å². The van der Waals surface area contributed by atoms with Gasteiger partial charge >= 0.3 is 19.8 Å². The monoisotopic (exact) mass is 905 g/mol. The van der Waals surface area contributed by atoms with E-state index in [0.717, 1.165) is 57.8 Å². The van der Waals surface area contributed by atoms with Gasteiger partial charge in [-0.2, -0.15) is 0 Å². The lowest BCUT2D eigenvalue weighted by Gasteiger charge is -2.20. The molecule has 362 valence electrons. The Morgan fingerprint density at radius 1 is 0.492 bits per heavy atom. The summed E-state index contributed by atoms with van der Waals surface area (Å²) < 4.78 is 32.7. The highest BCUT2D eigenvalue weighted by molar-refractivity contribution is 7.47. The lowest BCUT2D eigenvalue weighted by atomic mass is 10.0. The second-order valence-electron chi connectivity index (χ2n) is 16.1. The van der Waals surface area contributed by atoms with Crippen LogP contribution < -0.4 is 0 Å². The van der Waals surface area contributed by atoms with E-state index in [1.807, 2.05) is 12.2 Å². The van der Waals surface area contributed by atoms with Gasteiger partial charge in [0.05, 0.1) is 19.8 Å². The quantitative estimate of drug-likeness (QED) is 0.0233. The van der Waals surface area contributed by atoms with Crippen molar-refractivity contribution in [1.82, 2.24) is 0 Å². The van der Waals surface area contributed by atoms with Crippen LogP contribution in [0.2, 0.25) is 0 Å². The Morgan fingerprint density at radius 2 is 0.905 bits per heavy atom. The lowest BCUT2D eigenvalue weighted by molar-refractivity contribution is -0.161. The highest BCUT2D eigenvalue weighted by Crippen LogP contribution is 2.43. The second kappa shape index (κ2) is 47.1. The van der Waals surface area contributed by atoms with Crippen LogP contribution >= 0.6 is 7.82 Å². The van der Waals surface area contributed by atoms with Crippen molar-refractivity contribution >= 4 is 19.8 Å². The fourth-order valence-corrected chi connectivity index (χ4v) is 7.10. The molecular weight excluding hydrogens is 816 g/mol. The Labute approximate surface area is 383 Å². The summed E-state index contributed by atoms with van der Waals surface area (Å²) in [5.41, 5.74) is 0. The third kappa shape index (κ3) is 46.9. The molecule has 0 aromatic carbocycles. The zero-order valence-electron chi connectivity index (χ0n) is 39.5. The molecule has 3 N–H and O–H groups in total. The van der Waals surface area contributed by atoms with Gasteiger partial charge in [0.15, 0.2) is 6.10 Å². The summed E-state index contributed by atoms with van der Waals surface area (Å²) in [7, 11) is -4.64. The van der Waals surface area contributed by atoms with Crippen molar-refractivity contribution in [2.75, 3.05) is 26.4 Å². The van der Waals surface area contributed by atoms with Gasteiger partial charge in [-0.15, -0.1) is 0 Å². The minimum atomic E-state index is -4.64. The number of esters is 2. The van der Waals surface area contributed by atoms with Crippen LogP contribution in [0, 0.1) is 0 Å². The molecule has 3 atom stereocenters. The highest BCUT2D eigenvalue weighted by Gasteiger charge is 2.27. The SMILES string of the molecule is CC/C=C/C/C=C/C/C=C/C/C=C/C/C=C/C/C=C/CCC(=O)OC[C@H](COP(=O)(O)OC[C@@H](O)CO)OC(=O)CCCCCCCCCCCCC/C=C/CCCCCCCC. The maximum Gasteiger partial charge on any atom is 0.472 e. The van der Waals surface area contributed by atoms with Crippen molar-refractivity contribution in [2.45, 2.75) is 206 Å². The molecule has 10 nitrogen and oxygen atoms in total. The van der Waals surface area contributed by atoms with Crippen LogP contribution in [-0.4, -0.2) is 65.7 Å². The standard InChI is InChI=1S/C52H89O10P/c1-3-5-7-9-11-13-15-17-19-21-23-24-26-28-30-32-34-36-38-40-42-44-52(56)62-50(48-61-63(57,58)60-46-49(54)45-53)47-59-51(55)43-41-39-37-35-33-31-29-27-25-22-20-18-16-14-12-10-8-6-4-2/h6,8,12,14,17-20,25,27,31,33,37,39,49-50,53-54H,3-5,7,9-11,13,15-16,21-24,26,28-30,32,34-36,38,40-48H2,1-2H3,(H,57,58)/b8-6+,14-12+,19-17+,20-18+,27-25+,33-31+,39-37+/t49-,50+/m0/s1. The van der Waals surface area contributed by atoms with Crippen molar-refractivity contribution in [1.29, 1.82) is 0 Å². The summed E-state index contributed by atoms with van der Waals surface area (Å²) in [5, 5.41) is 18.4. The largest absolute Gasteiger partial charge is 0.472 e. The molecule has 0 spiro atoms. The average Bonchev–Trinajstić information content (AvgIpc) is 3.27. The first kappa shape index (κ1) is 60.2. The predicted molar refractivity (Wildman–Crippen MR) is 260 cm³/mol. The maximum absolute atomic E-state index is 12.7. The first-order valence-electron chi connectivity index (χ1n) is 24.5. The summed E-state index contributed by atoms with van der Waals surface area (Å²) in [6.45, 7) is 2.19. The number of ether oxygens (including phenoxy) is 2. The number of carbonyl (C=O) groups excluding carboxylic acids is 2. The molecule has 0 heterocycles. The maximum atomic E-state index is 12.7. The summed E-state index contributed by atoms with van der Waals surface area (Å²) in [5.74, 6) is -1.03. The molecule has 0 aliphatic carbocycles. The van der Waals surface area contributed by atoms with Crippen molar-refractivity contribution in [3.05, 3.63) is 85.1 Å². The molecule has 0 aliphatic heterocycles. The van der Waals surface area contributed by atoms with Crippen molar-refractivity contribution in [3.8, 4) is 0 Å². The molecule has 0 fully saturated rings. The number of phosphoric ester groups is 1. The number of hydrogen-bond donors (Lipinski definition) is 3. The van der Waals surface area contributed by atoms with Crippen LogP contribution in [-0.2, 0) is 32.7 Å². The average molecular weight is 905 g/mol. The fourth-order valence-electron chi connectivity index (χ4n) is 6.31. The highest BCUT2D eigenvalue weighted by atomic mass is 31.2. The number of unbranched alkanes of at least 4 members (excludes halogenated alkanes) is 17. The molecule has 0 amide bonds. The molecule has 0 saturated carbocycles. The molecule has 0 saturated heterocycles. The van der Waals surface area contributed by atoms with E-state index in [1.54, 1.807) is 0 Å².